The molecule has 0 bridgehead atoms. The van der Waals surface area contributed by atoms with Crippen LogP contribution in [0, 0.1) is 5.82 Å². The zero-order valence-corrected chi connectivity index (χ0v) is 8.91. The number of hydrogen-bond acceptors (Lipinski definition) is 3. The highest BCUT2D eigenvalue weighted by Gasteiger charge is 2.17. The van der Waals surface area contributed by atoms with Crippen molar-refractivity contribution in [1.29, 1.82) is 0 Å². The molecular weight excluding hydrogens is 209 g/mol. The van der Waals surface area contributed by atoms with Crippen molar-refractivity contribution in [2.24, 2.45) is 0 Å². The van der Waals surface area contributed by atoms with Gasteiger partial charge in [-0.3, -0.25) is 4.79 Å². The zero-order valence-electron chi connectivity index (χ0n) is 8.91. The van der Waals surface area contributed by atoms with Crippen LogP contribution in [0.3, 0.4) is 0 Å². The van der Waals surface area contributed by atoms with Gasteiger partial charge in [0.15, 0.2) is 5.78 Å². The predicted octanol–water partition coefficient (Wildman–Crippen LogP) is 1.39. The zero-order chi connectivity index (χ0) is 11.4. The number of ketones is 1. The van der Waals surface area contributed by atoms with Gasteiger partial charge < -0.3 is 10.1 Å². The van der Waals surface area contributed by atoms with Crippen LogP contribution in [-0.2, 0) is 4.74 Å². The molecule has 3 nitrogen and oxygen atoms in total. The fraction of sp³-hybridized carbons (Fsp3) is 0.417. The van der Waals surface area contributed by atoms with E-state index >= 15 is 0 Å². The summed E-state index contributed by atoms with van der Waals surface area (Å²) in [5.74, 6) is -0.429. The van der Waals surface area contributed by atoms with Crippen LogP contribution in [0.2, 0.25) is 0 Å². The molecule has 1 aromatic carbocycles. The van der Waals surface area contributed by atoms with E-state index in [0.29, 0.717) is 25.2 Å². The molecule has 1 heterocycles. The lowest BCUT2D eigenvalue weighted by Gasteiger charge is -2.23. The predicted molar refractivity (Wildman–Crippen MR) is 58.0 cm³/mol. The van der Waals surface area contributed by atoms with Crippen molar-refractivity contribution < 1.29 is 13.9 Å². The summed E-state index contributed by atoms with van der Waals surface area (Å²) >= 11 is 0. The van der Waals surface area contributed by atoms with Crippen molar-refractivity contribution in [2.75, 3.05) is 19.8 Å². The van der Waals surface area contributed by atoms with Gasteiger partial charge >= 0.3 is 0 Å². The first kappa shape index (κ1) is 11.2. The Bertz CT molecular complexity index is 375. The van der Waals surface area contributed by atoms with Crippen LogP contribution in [0.25, 0.3) is 0 Å². The topological polar surface area (TPSA) is 38.3 Å². The number of Topliss-reactive ketones (excluding diaryl/α,β-unsaturated/α-hetero) is 1. The van der Waals surface area contributed by atoms with Crippen LogP contribution in [0.4, 0.5) is 4.39 Å². The summed E-state index contributed by atoms with van der Waals surface area (Å²) in [6.07, 6.45) is 0.351. The van der Waals surface area contributed by atoms with E-state index in [1.165, 1.54) is 12.1 Å². The Balaban J connectivity index is 1.97. The Labute approximate surface area is 93.6 Å². The summed E-state index contributed by atoms with van der Waals surface area (Å²) < 4.78 is 18.2. The molecule has 1 aliphatic rings. The fourth-order valence-corrected chi connectivity index (χ4v) is 1.75. The molecule has 2 rings (SSSR count). The molecule has 0 radical (unpaired) electrons. The van der Waals surface area contributed by atoms with E-state index in [-0.39, 0.29) is 17.6 Å². The van der Waals surface area contributed by atoms with Crippen molar-refractivity contribution in [2.45, 2.75) is 12.5 Å². The van der Waals surface area contributed by atoms with Crippen LogP contribution >= 0.6 is 0 Å². The van der Waals surface area contributed by atoms with Gasteiger partial charge in [-0.25, -0.2) is 4.39 Å². The summed E-state index contributed by atoms with van der Waals surface area (Å²) in [5, 5.41) is 3.19. The molecule has 0 aromatic heterocycles. The molecule has 1 fully saturated rings. The van der Waals surface area contributed by atoms with E-state index in [4.69, 9.17) is 4.74 Å². The lowest BCUT2D eigenvalue weighted by Crippen LogP contribution is -2.42. The number of morpholine rings is 1. The highest BCUT2D eigenvalue weighted by Crippen LogP contribution is 2.09. The largest absolute Gasteiger partial charge is 0.378 e. The number of hydrogen-bond donors (Lipinski definition) is 1. The quantitative estimate of drug-likeness (QED) is 0.787. The lowest BCUT2D eigenvalue weighted by atomic mass is 10.0. The number of halogens is 1. The molecule has 1 aromatic rings. The van der Waals surface area contributed by atoms with Gasteiger partial charge in [0, 0.05) is 24.6 Å². The van der Waals surface area contributed by atoms with Gasteiger partial charge in [-0.1, -0.05) is 12.1 Å². The van der Waals surface area contributed by atoms with E-state index in [1.807, 2.05) is 0 Å². The van der Waals surface area contributed by atoms with Crippen LogP contribution in [0.5, 0.6) is 0 Å². The van der Waals surface area contributed by atoms with E-state index in [0.717, 1.165) is 6.54 Å². The SMILES string of the molecule is O=C(CC1COCCN1)c1cccc(F)c1. The van der Waals surface area contributed by atoms with Gasteiger partial charge in [0.25, 0.3) is 0 Å². The van der Waals surface area contributed by atoms with Crippen molar-refractivity contribution in [3.8, 4) is 0 Å². The standard InChI is InChI=1S/C12H14FNO2/c13-10-3-1-2-9(6-10)12(15)7-11-8-16-5-4-14-11/h1-3,6,11,14H,4-5,7-8H2. The molecule has 16 heavy (non-hydrogen) atoms. The van der Waals surface area contributed by atoms with Crippen LogP contribution < -0.4 is 5.32 Å². The van der Waals surface area contributed by atoms with Crippen molar-refractivity contribution >= 4 is 5.78 Å². The van der Waals surface area contributed by atoms with Crippen molar-refractivity contribution in [3.05, 3.63) is 35.6 Å². The summed E-state index contributed by atoms with van der Waals surface area (Å²) in [6.45, 7) is 1.99. The summed E-state index contributed by atoms with van der Waals surface area (Å²) in [5.41, 5.74) is 0.423. The molecule has 0 aliphatic carbocycles. The smallest absolute Gasteiger partial charge is 0.164 e. The third-order valence-corrected chi connectivity index (χ3v) is 2.58. The highest BCUT2D eigenvalue weighted by atomic mass is 19.1. The number of ether oxygens (including phenoxy) is 1. The number of rotatable bonds is 3. The fourth-order valence-electron chi connectivity index (χ4n) is 1.75. The van der Waals surface area contributed by atoms with E-state index in [9.17, 15) is 9.18 Å². The minimum Gasteiger partial charge on any atom is -0.378 e. The van der Waals surface area contributed by atoms with Crippen LogP contribution in [0.1, 0.15) is 16.8 Å². The number of carbonyl (C=O) groups excluding carboxylic acids is 1. The Hall–Kier alpha value is -1.26. The molecule has 0 saturated carbocycles. The minimum atomic E-state index is -0.376. The van der Waals surface area contributed by atoms with Gasteiger partial charge in [-0.05, 0) is 12.1 Å². The average molecular weight is 223 g/mol. The third kappa shape index (κ3) is 2.87. The van der Waals surface area contributed by atoms with Gasteiger partial charge in [-0.2, -0.15) is 0 Å². The van der Waals surface area contributed by atoms with E-state index in [1.54, 1.807) is 12.1 Å². The summed E-state index contributed by atoms with van der Waals surface area (Å²) in [4.78, 5) is 11.8. The van der Waals surface area contributed by atoms with Crippen molar-refractivity contribution in [1.82, 2.24) is 5.32 Å². The molecule has 4 heteroatoms. The Morgan fingerprint density at radius 1 is 1.56 bits per heavy atom. The minimum absolute atomic E-state index is 0.0458. The Morgan fingerprint density at radius 2 is 2.44 bits per heavy atom. The first-order valence-corrected chi connectivity index (χ1v) is 5.35. The van der Waals surface area contributed by atoms with E-state index in [2.05, 4.69) is 5.32 Å². The average Bonchev–Trinajstić information content (AvgIpc) is 2.30. The normalized spacial score (nSPS) is 20.7. The number of benzene rings is 1. The molecule has 0 spiro atoms. The molecule has 1 aliphatic heterocycles. The van der Waals surface area contributed by atoms with Crippen molar-refractivity contribution in [3.63, 3.8) is 0 Å². The Kier molecular flexibility index (Phi) is 3.64. The van der Waals surface area contributed by atoms with Crippen LogP contribution in [-0.4, -0.2) is 31.6 Å². The lowest BCUT2D eigenvalue weighted by molar-refractivity contribution is 0.0676. The highest BCUT2D eigenvalue weighted by molar-refractivity contribution is 5.96. The van der Waals surface area contributed by atoms with Gasteiger partial charge in [0.05, 0.1) is 13.2 Å². The molecule has 1 N–H and O–H groups in total. The molecule has 1 atom stereocenters. The maximum atomic E-state index is 12.9. The molecule has 1 unspecified atom stereocenters. The second-order valence-electron chi connectivity index (χ2n) is 3.86. The molecule has 86 valence electrons. The number of nitrogens with one attached hydrogen (secondary N) is 1. The second kappa shape index (κ2) is 5.18. The first-order valence-electron chi connectivity index (χ1n) is 5.35. The van der Waals surface area contributed by atoms with Gasteiger partial charge in [-0.15, -0.1) is 0 Å². The molecular formula is C12H14FNO2. The first-order chi connectivity index (χ1) is 7.75. The van der Waals surface area contributed by atoms with E-state index < -0.39 is 0 Å². The monoisotopic (exact) mass is 223 g/mol. The maximum absolute atomic E-state index is 12.9. The Morgan fingerprint density at radius 3 is 3.12 bits per heavy atom. The summed E-state index contributed by atoms with van der Waals surface area (Å²) in [6, 6.07) is 5.83. The third-order valence-electron chi connectivity index (χ3n) is 2.58. The van der Waals surface area contributed by atoms with Crippen LogP contribution in [0.15, 0.2) is 24.3 Å². The summed E-state index contributed by atoms with van der Waals surface area (Å²) in [7, 11) is 0. The van der Waals surface area contributed by atoms with Gasteiger partial charge in [0.1, 0.15) is 5.82 Å². The maximum Gasteiger partial charge on any atom is 0.164 e. The molecule has 1 saturated heterocycles. The number of carbonyl (C=O) groups is 1. The van der Waals surface area contributed by atoms with Gasteiger partial charge in [0.2, 0.25) is 0 Å². The second-order valence-corrected chi connectivity index (χ2v) is 3.86. The molecule has 0 amide bonds.